The van der Waals surface area contributed by atoms with E-state index in [4.69, 9.17) is 0 Å². The second-order valence-corrected chi connectivity index (χ2v) is 15.4. The van der Waals surface area contributed by atoms with Gasteiger partial charge in [0.2, 0.25) is 5.17 Å². The molecule has 3 aromatic rings. The Morgan fingerprint density at radius 2 is 2.06 bits per heavy atom. The highest BCUT2D eigenvalue weighted by Crippen LogP contribution is 2.58. The summed E-state index contributed by atoms with van der Waals surface area (Å²) < 4.78 is 44.9. The van der Waals surface area contributed by atoms with E-state index < -0.39 is 23.8 Å². The van der Waals surface area contributed by atoms with Crippen LogP contribution < -0.4 is 5.43 Å². The van der Waals surface area contributed by atoms with Crippen molar-refractivity contribution in [2.75, 3.05) is 0 Å². The van der Waals surface area contributed by atoms with E-state index in [0.717, 1.165) is 15.6 Å². The minimum Gasteiger partial charge on any atom is -0.345 e. The van der Waals surface area contributed by atoms with E-state index in [1.54, 1.807) is 6.07 Å². The van der Waals surface area contributed by atoms with Gasteiger partial charge in [-0.15, -0.1) is 15.7 Å². The van der Waals surface area contributed by atoms with Crippen molar-refractivity contribution < 1.29 is 12.6 Å². The summed E-state index contributed by atoms with van der Waals surface area (Å²) in [5, 5.41) is 4.88. The fourth-order valence-electron chi connectivity index (χ4n) is 3.91. The van der Waals surface area contributed by atoms with E-state index in [9.17, 15) is 12.6 Å². The third kappa shape index (κ3) is 2.92. The monoisotopic (exact) mass is 478 g/mol. The van der Waals surface area contributed by atoms with Crippen LogP contribution in [0.2, 0.25) is 0 Å². The first-order valence-electron chi connectivity index (χ1n) is 9.70. The first-order valence-corrected chi connectivity index (χ1v) is 14.2. The summed E-state index contributed by atoms with van der Waals surface area (Å²) in [7, 11) is -8.05. The molecule has 0 bridgehead atoms. The van der Waals surface area contributed by atoms with Gasteiger partial charge in [-0.2, -0.15) is 13.5 Å². The molecule has 3 heterocycles. The predicted molar refractivity (Wildman–Crippen MR) is 123 cm³/mol. The van der Waals surface area contributed by atoms with E-state index in [1.165, 1.54) is 35.3 Å². The molecule has 31 heavy (non-hydrogen) atoms. The van der Waals surface area contributed by atoms with Gasteiger partial charge < -0.3 is 4.98 Å². The highest BCUT2D eigenvalue weighted by molar-refractivity contribution is 8.43. The predicted octanol–water partition coefficient (Wildman–Crippen LogP) is 2.80. The molecular weight excluding hydrogens is 456 g/mol. The molecule has 164 valence electrons. The minimum absolute atomic E-state index is 0.00237. The van der Waals surface area contributed by atoms with Crippen molar-refractivity contribution in [3.8, 4) is 0 Å². The van der Waals surface area contributed by atoms with Gasteiger partial charge in [-0.05, 0) is 51.8 Å². The molecule has 0 saturated heterocycles. The van der Waals surface area contributed by atoms with Crippen molar-refractivity contribution in [1.82, 2.24) is 20.4 Å². The summed E-state index contributed by atoms with van der Waals surface area (Å²) >= 11 is 1.47. The van der Waals surface area contributed by atoms with Gasteiger partial charge in [-0.25, -0.2) is 9.97 Å². The molecule has 9 nitrogen and oxygen atoms in total. The number of fused-ring (bicyclic) bond motifs is 1. The molecule has 1 aliphatic heterocycles. The quantitative estimate of drug-likeness (QED) is 0.580. The molecule has 1 aromatic carbocycles. The normalized spacial score (nSPS) is 23.5. The Morgan fingerprint density at radius 3 is 2.74 bits per heavy atom. The lowest BCUT2D eigenvalue weighted by Gasteiger charge is -2.40. The molecule has 5 rings (SSSR count). The number of hydrazone groups is 1. The number of rotatable bonds is 5. The topological polar surface area (TPSA) is 130 Å². The van der Waals surface area contributed by atoms with E-state index in [-0.39, 0.29) is 15.8 Å². The molecule has 0 spiro atoms. The van der Waals surface area contributed by atoms with Gasteiger partial charge in [-0.3, -0.25) is 9.63 Å². The summed E-state index contributed by atoms with van der Waals surface area (Å²) in [6, 6.07) is 4.54. The number of imidazole rings is 1. The van der Waals surface area contributed by atoms with Crippen LogP contribution in [-0.4, -0.2) is 43.0 Å². The Kier molecular flexibility index (Phi) is 4.16. The standard InChI is InChI=1S/C19H22N6O3S3/c1-12-17(29-13(2)23-12)9-31(28,19(3)6-7-19)11-22-24-18(31)25-30(26,27)14-4-5-15-16(8-14)21-10-20-15/h4-5,8,10-11H,6-7,9H2,1-3H3,(H,20,21)(H,24,25). The van der Waals surface area contributed by atoms with Gasteiger partial charge in [0.25, 0.3) is 10.0 Å². The number of nitrogens with one attached hydrogen (secondary N) is 2. The van der Waals surface area contributed by atoms with E-state index in [2.05, 4.69) is 29.9 Å². The zero-order valence-corrected chi connectivity index (χ0v) is 19.7. The number of aromatic amines is 1. The zero-order chi connectivity index (χ0) is 22.1. The number of aromatic nitrogens is 3. The van der Waals surface area contributed by atoms with Gasteiger partial charge in [0, 0.05) is 18.7 Å². The highest BCUT2D eigenvalue weighted by Gasteiger charge is 2.65. The fraction of sp³-hybridized carbons (Fsp3) is 0.368. The van der Waals surface area contributed by atoms with Crippen LogP contribution >= 0.6 is 11.3 Å². The number of H-pyrrole nitrogens is 1. The summed E-state index contributed by atoms with van der Waals surface area (Å²) in [4.78, 5) is 12.3. The van der Waals surface area contributed by atoms with E-state index in [0.29, 0.717) is 23.9 Å². The van der Waals surface area contributed by atoms with Crippen LogP contribution in [0.4, 0.5) is 0 Å². The molecule has 12 heteroatoms. The first-order chi connectivity index (χ1) is 14.5. The number of benzene rings is 1. The smallest absolute Gasteiger partial charge is 0.284 e. The lowest BCUT2D eigenvalue weighted by molar-refractivity contribution is 0.597. The average molecular weight is 479 g/mol. The fourth-order valence-corrected chi connectivity index (χ4v) is 11.0. The highest BCUT2D eigenvalue weighted by atomic mass is 32.3. The number of thiazole rings is 1. The maximum absolute atomic E-state index is 15.0. The second-order valence-electron chi connectivity index (χ2n) is 8.31. The molecular formula is C19H22N6O3S3. The third-order valence-electron chi connectivity index (χ3n) is 6.20. The van der Waals surface area contributed by atoms with Crippen LogP contribution in [0.1, 0.15) is 35.3 Å². The van der Waals surface area contributed by atoms with Gasteiger partial charge in [0.15, 0.2) is 0 Å². The maximum Gasteiger partial charge on any atom is 0.284 e. The Labute approximate surface area is 183 Å². The summed E-state index contributed by atoms with van der Waals surface area (Å²) in [6.45, 7) is 5.69. The summed E-state index contributed by atoms with van der Waals surface area (Å²) in [5.41, 5.74) is 6.13. The lowest BCUT2D eigenvalue weighted by Crippen LogP contribution is -2.54. The molecule has 0 unspecified atom stereocenters. The van der Waals surface area contributed by atoms with Crippen molar-refractivity contribution in [3.05, 3.63) is 40.1 Å². The van der Waals surface area contributed by atoms with Crippen molar-refractivity contribution in [3.63, 3.8) is 0 Å². The average Bonchev–Trinajstić information content (AvgIpc) is 3.03. The molecule has 2 aliphatic rings. The van der Waals surface area contributed by atoms with Gasteiger partial charge in [-0.1, -0.05) is 0 Å². The first kappa shape index (κ1) is 20.5. The van der Waals surface area contributed by atoms with E-state index in [1.807, 2.05) is 20.8 Å². The largest absolute Gasteiger partial charge is 0.345 e. The number of nitrogens with zero attached hydrogens (tertiary/aromatic N) is 4. The van der Waals surface area contributed by atoms with Gasteiger partial charge >= 0.3 is 0 Å². The van der Waals surface area contributed by atoms with Crippen LogP contribution in [-0.2, 0) is 24.8 Å². The summed E-state index contributed by atoms with van der Waals surface area (Å²) in [5.74, 6) is 0.148. The number of aryl methyl sites for hydroxylation is 2. The number of hydrogen-bond acceptors (Lipinski definition) is 7. The van der Waals surface area contributed by atoms with Crippen LogP contribution in [0.5, 0.6) is 0 Å². The lowest BCUT2D eigenvalue weighted by atomic mass is 10.3. The number of amidine groups is 1. The summed E-state index contributed by atoms with van der Waals surface area (Å²) in [6.07, 6.45) is 2.92. The minimum atomic E-state index is -4.14. The number of hydrogen-bond donors (Lipinski definition) is 2. The molecule has 0 radical (unpaired) electrons. The molecule has 0 amide bonds. The van der Waals surface area contributed by atoms with Crippen molar-refractivity contribution in [2.24, 2.45) is 9.50 Å². The second kappa shape index (κ2) is 6.30. The van der Waals surface area contributed by atoms with Crippen LogP contribution in [0.25, 0.3) is 11.0 Å². The van der Waals surface area contributed by atoms with Crippen molar-refractivity contribution in [2.45, 2.75) is 49.0 Å². The van der Waals surface area contributed by atoms with Crippen molar-refractivity contribution in [1.29, 1.82) is 0 Å². The van der Waals surface area contributed by atoms with E-state index >= 15 is 0 Å². The number of sulfonamides is 1. The Hall–Kier alpha value is -2.44. The molecule has 1 aliphatic carbocycles. The Bertz CT molecular complexity index is 1460. The molecule has 1 saturated carbocycles. The Balaban J connectivity index is 1.66. The molecule has 2 aromatic heterocycles. The Morgan fingerprint density at radius 1 is 1.29 bits per heavy atom. The third-order valence-corrected chi connectivity index (χ3v) is 13.9. The maximum atomic E-state index is 15.0. The molecule has 0 atom stereocenters. The van der Waals surface area contributed by atoms with Crippen LogP contribution in [0.15, 0.2) is 38.9 Å². The molecule has 2 N–H and O–H groups in total. The molecule has 1 fully saturated rings. The SMILES string of the molecule is Cc1nc(C)c(CS2(=O)(C3(C)CC3)C=NN/C2=N\S(=O)(=O)c2ccc3nc[nH]c3c2)s1. The van der Waals surface area contributed by atoms with Gasteiger partial charge in [0.1, 0.15) is 0 Å². The van der Waals surface area contributed by atoms with Crippen LogP contribution in [0, 0.1) is 13.8 Å². The van der Waals surface area contributed by atoms with Gasteiger partial charge in [0.05, 0.1) is 44.3 Å². The van der Waals surface area contributed by atoms with Crippen molar-refractivity contribution >= 4 is 52.2 Å². The zero-order valence-electron chi connectivity index (χ0n) is 17.2. The van der Waals surface area contributed by atoms with Crippen LogP contribution in [0.3, 0.4) is 0 Å².